The van der Waals surface area contributed by atoms with Crippen molar-refractivity contribution >= 4 is 14.4 Å². The molecule has 46 heavy (non-hydrogen) atoms. The summed E-state index contributed by atoms with van der Waals surface area (Å²) in [6, 6.07) is 10.4. The molecule has 0 aromatic heterocycles. The third-order valence-electron chi connectivity index (χ3n) is 11.9. The van der Waals surface area contributed by atoms with E-state index >= 15 is 0 Å². The number of fused-ring (bicyclic) bond motifs is 5. The predicted octanol–water partition coefficient (Wildman–Crippen LogP) is 6.02. The van der Waals surface area contributed by atoms with Gasteiger partial charge < -0.3 is 24.8 Å². The molecule has 244 valence electrons. The van der Waals surface area contributed by atoms with Crippen LogP contribution in [0.1, 0.15) is 148 Å². The zero-order chi connectivity index (χ0) is 31.5. The van der Waals surface area contributed by atoms with Crippen LogP contribution in [0.2, 0.25) is 0 Å². The minimum Gasteiger partial charge on any atom is -1.00 e. The van der Waals surface area contributed by atoms with E-state index in [0.717, 1.165) is 6.42 Å². The molecule has 5 aliphatic rings. The molecule has 0 aliphatic heterocycles. The minimum absolute atomic E-state index is 0. The summed E-state index contributed by atoms with van der Waals surface area (Å²) in [5.74, 6) is 0.585. The largest absolute Gasteiger partial charge is 1.00 e. The van der Waals surface area contributed by atoms with E-state index in [2.05, 4.69) is 113 Å². The first-order valence-corrected chi connectivity index (χ1v) is 21.3. The maximum absolute atomic E-state index is 2.69. The first-order chi connectivity index (χ1) is 20.6. The average molecular weight is 733 g/mol. The molecule has 0 amide bonds. The fraction of sp³-hybridized carbons (Fsp3) is 0.512. The molecule has 0 N–H and O–H groups in total. The number of allylic oxidation sites excluding steroid dienone is 8. The van der Waals surface area contributed by atoms with Crippen LogP contribution < -0.4 is 24.8 Å². The summed E-state index contributed by atoms with van der Waals surface area (Å²) in [5, 5.41) is 0. The average Bonchev–Trinajstić information content (AvgIpc) is 3.61. The summed E-state index contributed by atoms with van der Waals surface area (Å²) in [7, 11) is 0. The quantitative estimate of drug-likeness (QED) is 0.309. The van der Waals surface area contributed by atoms with E-state index in [-0.39, 0.29) is 41.1 Å². The molecule has 7 rings (SSSR count). The van der Waals surface area contributed by atoms with Gasteiger partial charge in [-0.25, -0.2) is 0 Å². The summed E-state index contributed by atoms with van der Waals surface area (Å²) in [6.07, 6.45) is 14.4. The van der Waals surface area contributed by atoms with Gasteiger partial charge >= 0.3 is 278 Å². The van der Waals surface area contributed by atoms with Gasteiger partial charge in [-0.05, 0) is 0 Å². The van der Waals surface area contributed by atoms with E-state index in [1.807, 2.05) is 9.77 Å². The summed E-state index contributed by atoms with van der Waals surface area (Å²) in [4.78, 5) is 0. The topological polar surface area (TPSA) is 0 Å². The molecule has 5 aliphatic carbocycles. The molecule has 1 saturated carbocycles. The van der Waals surface area contributed by atoms with Crippen LogP contribution in [0, 0.1) is 11.3 Å². The monoisotopic (exact) mass is 730 g/mol. The van der Waals surface area contributed by atoms with E-state index in [1.165, 1.54) is 71.9 Å². The minimum atomic E-state index is -2.37. The Labute approximate surface area is 300 Å². The number of hydrogen-bond donors (Lipinski definition) is 0. The standard InChI is InChI=1S/C25H25.C12H19.C6H10.2ClH.Zr/c1-14-12-24(3,4)22-8-16-7-17-9-23-19(15(2)13-25(23,5)6)11-21(17)20(16)10-18(14)22;1-6-10-7-9(2)8-11(10)12(3,4)5;1-2-4-6-5-3-1;;;/h8-12H,7H2,1-6H3;8-9H,6H2,1-5H3;1-5H2;2*1H;/q;;;;;+2/p-2. The van der Waals surface area contributed by atoms with Crippen LogP contribution >= 0.6 is 0 Å². The van der Waals surface area contributed by atoms with Crippen LogP contribution in [0.5, 0.6) is 0 Å². The first kappa shape index (κ1) is 36.0. The van der Waals surface area contributed by atoms with E-state index in [0.29, 0.717) is 5.92 Å². The van der Waals surface area contributed by atoms with Crippen LogP contribution in [-0.2, 0) is 38.5 Å². The molecule has 1 unspecified atom stereocenters. The molecule has 0 nitrogen and oxygen atoms in total. The third-order valence-corrected chi connectivity index (χ3v) is 21.8. The Kier molecular flexibility index (Phi) is 9.60. The molecule has 1 fully saturated rings. The molecule has 2 aromatic rings. The van der Waals surface area contributed by atoms with Gasteiger partial charge in [0, 0.05) is 0 Å². The number of benzene rings is 2. The molecule has 2 aromatic carbocycles. The Morgan fingerprint density at radius 3 is 1.98 bits per heavy atom. The van der Waals surface area contributed by atoms with Crippen molar-refractivity contribution in [1.29, 1.82) is 0 Å². The zero-order valence-corrected chi connectivity index (χ0v) is 34.2. The van der Waals surface area contributed by atoms with Gasteiger partial charge in [0.05, 0.1) is 0 Å². The van der Waals surface area contributed by atoms with Crippen LogP contribution in [-0.4, -0.2) is 3.21 Å². The molecule has 0 radical (unpaired) electrons. The fourth-order valence-corrected chi connectivity index (χ4v) is 20.5. The van der Waals surface area contributed by atoms with Gasteiger partial charge in [-0.2, -0.15) is 0 Å². The van der Waals surface area contributed by atoms with Crippen LogP contribution in [0.15, 0.2) is 54.1 Å². The Balaban J connectivity index is 0.00000208. The zero-order valence-electron chi connectivity index (χ0n) is 30.2. The van der Waals surface area contributed by atoms with E-state index in [4.69, 9.17) is 0 Å². The van der Waals surface area contributed by atoms with Crippen LogP contribution in [0.25, 0.3) is 22.3 Å². The summed E-state index contributed by atoms with van der Waals surface area (Å²) < 4.78 is 5.86. The molecule has 0 saturated heterocycles. The van der Waals surface area contributed by atoms with Crippen molar-refractivity contribution in [2.45, 2.75) is 132 Å². The SMILES string of the molecule is CCC1=[C]([Zr+2]([C]2=C(C)c3cc4c(cc3C2(C)C)Cc2cc3c(cc2-4)C(C)=CC3(C)C)=[C]2CCCCC2)C(C)C=C1C(C)(C)C.[Cl-].[Cl-]. The number of hydrogen-bond acceptors (Lipinski definition) is 0. The van der Waals surface area contributed by atoms with Crippen molar-refractivity contribution in [3.05, 3.63) is 87.5 Å². The van der Waals surface area contributed by atoms with Gasteiger partial charge in [0.1, 0.15) is 0 Å². The van der Waals surface area contributed by atoms with Crippen molar-refractivity contribution in [1.82, 2.24) is 0 Å². The fourth-order valence-electron chi connectivity index (χ4n) is 9.96. The van der Waals surface area contributed by atoms with Crippen LogP contribution in [0.3, 0.4) is 0 Å². The first-order valence-electron chi connectivity index (χ1n) is 17.6. The second kappa shape index (κ2) is 12.3. The molecule has 0 spiro atoms. The smallest absolute Gasteiger partial charge is 1.00 e. The van der Waals surface area contributed by atoms with E-state index < -0.39 is 21.3 Å². The second-order valence-electron chi connectivity index (χ2n) is 16.9. The normalized spacial score (nSPS) is 21.9. The van der Waals surface area contributed by atoms with E-state index in [9.17, 15) is 0 Å². The van der Waals surface area contributed by atoms with Crippen molar-refractivity contribution in [2.24, 2.45) is 11.3 Å². The maximum atomic E-state index is 2.69. The summed E-state index contributed by atoms with van der Waals surface area (Å²) in [6.45, 7) is 27.1. The Bertz CT molecular complexity index is 1790. The Morgan fingerprint density at radius 1 is 0.804 bits per heavy atom. The Morgan fingerprint density at radius 2 is 1.39 bits per heavy atom. The van der Waals surface area contributed by atoms with E-state index in [1.54, 1.807) is 33.4 Å². The summed E-state index contributed by atoms with van der Waals surface area (Å²) in [5.41, 5.74) is 19.2. The maximum Gasteiger partial charge on any atom is -1.00 e. The van der Waals surface area contributed by atoms with Gasteiger partial charge in [-0.3, -0.25) is 0 Å². The molecule has 0 bridgehead atoms. The van der Waals surface area contributed by atoms with Gasteiger partial charge in [0.15, 0.2) is 0 Å². The molecule has 1 atom stereocenters. The number of rotatable bonds is 3. The molecular formula is C43H54Cl2Zr. The molecular weight excluding hydrogens is 679 g/mol. The van der Waals surface area contributed by atoms with Crippen LogP contribution in [0.4, 0.5) is 0 Å². The third kappa shape index (κ3) is 5.37. The summed E-state index contributed by atoms with van der Waals surface area (Å²) >= 11 is -2.37. The van der Waals surface area contributed by atoms with Crippen molar-refractivity contribution in [3.63, 3.8) is 0 Å². The van der Waals surface area contributed by atoms with Crippen molar-refractivity contribution < 1.29 is 46.1 Å². The second-order valence-corrected chi connectivity index (χ2v) is 23.0. The predicted molar refractivity (Wildman–Crippen MR) is 189 cm³/mol. The molecule has 0 heterocycles. The van der Waals surface area contributed by atoms with Crippen molar-refractivity contribution in [2.75, 3.05) is 0 Å². The van der Waals surface area contributed by atoms with Crippen molar-refractivity contribution in [3.8, 4) is 11.1 Å². The van der Waals surface area contributed by atoms with Gasteiger partial charge in [-0.1, -0.05) is 0 Å². The number of halogens is 2. The van der Waals surface area contributed by atoms with Gasteiger partial charge in [0.2, 0.25) is 0 Å². The van der Waals surface area contributed by atoms with Gasteiger partial charge in [0.25, 0.3) is 0 Å². The molecule has 3 heteroatoms. The van der Waals surface area contributed by atoms with Gasteiger partial charge in [-0.15, -0.1) is 0 Å². The Hall–Kier alpha value is -1.27.